The van der Waals surface area contributed by atoms with Crippen molar-refractivity contribution in [3.05, 3.63) is 64.2 Å². The first-order valence-corrected chi connectivity index (χ1v) is 8.62. The van der Waals surface area contributed by atoms with E-state index in [9.17, 15) is 4.79 Å². The third-order valence-corrected chi connectivity index (χ3v) is 4.88. The minimum absolute atomic E-state index is 0.0188. The number of para-hydroxylation sites is 1. The van der Waals surface area contributed by atoms with Crippen LogP contribution in [0.4, 0.5) is 0 Å². The average Bonchev–Trinajstić information content (AvgIpc) is 3.06. The fourth-order valence-corrected chi connectivity index (χ4v) is 3.64. The molecule has 3 aromatic rings. The van der Waals surface area contributed by atoms with E-state index in [2.05, 4.69) is 14.9 Å². The van der Waals surface area contributed by atoms with Gasteiger partial charge in [0.1, 0.15) is 11.6 Å². The van der Waals surface area contributed by atoms with Gasteiger partial charge in [-0.1, -0.05) is 12.1 Å². The monoisotopic (exact) mass is 335 g/mol. The van der Waals surface area contributed by atoms with Crippen LogP contribution in [0.15, 0.2) is 41.3 Å². The van der Waals surface area contributed by atoms with Gasteiger partial charge in [0.15, 0.2) is 0 Å². The molecule has 1 aromatic carbocycles. The first-order chi connectivity index (χ1) is 12.1. The van der Waals surface area contributed by atoms with Crippen molar-refractivity contribution >= 4 is 10.9 Å². The summed E-state index contributed by atoms with van der Waals surface area (Å²) >= 11 is 0. The van der Waals surface area contributed by atoms with Crippen LogP contribution >= 0.6 is 0 Å². The summed E-state index contributed by atoms with van der Waals surface area (Å²) in [4.78, 5) is 28.6. The summed E-state index contributed by atoms with van der Waals surface area (Å²) in [6.45, 7) is 3.63. The van der Waals surface area contributed by atoms with Crippen LogP contribution in [0.3, 0.4) is 0 Å². The molecule has 6 heteroatoms. The van der Waals surface area contributed by atoms with Crippen LogP contribution in [0.2, 0.25) is 0 Å². The van der Waals surface area contributed by atoms with E-state index in [1.54, 1.807) is 10.8 Å². The van der Waals surface area contributed by atoms with E-state index < -0.39 is 0 Å². The Morgan fingerprint density at radius 3 is 2.88 bits per heavy atom. The lowest BCUT2D eigenvalue weighted by molar-refractivity contribution is 0.232. The molecule has 0 aliphatic carbocycles. The van der Waals surface area contributed by atoms with E-state index in [0.29, 0.717) is 5.39 Å². The van der Waals surface area contributed by atoms with Crippen molar-refractivity contribution in [2.24, 2.45) is 7.05 Å². The number of benzene rings is 1. The Hall–Kier alpha value is -2.60. The lowest BCUT2D eigenvalue weighted by Gasteiger charge is -2.25. The molecule has 0 N–H and O–H groups in total. The van der Waals surface area contributed by atoms with Crippen LogP contribution in [-0.2, 0) is 13.6 Å². The van der Waals surface area contributed by atoms with Crippen LogP contribution in [0.1, 0.15) is 36.2 Å². The summed E-state index contributed by atoms with van der Waals surface area (Å²) in [6, 6.07) is 9.64. The van der Waals surface area contributed by atoms with Gasteiger partial charge < -0.3 is 0 Å². The van der Waals surface area contributed by atoms with Gasteiger partial charge >= 0.3 is 0 Å². The predicted molar refractivity (Wildman–Crippen MR) is 96.1 cm³/mol. The molecule has 0 saturated carbocycles. The lowest BCUT2D eigenvalue weighted by atomic mass is 10.1. The topological polar surface area (TPSA) is 63.9 Å². The maximum atomic E-state index is 12.7. The van der Waals surface area contributed by atoms with Crippen molar-refractivity contribution in [1.82, 2.24) is 24.4 Å². The Morgan fingerprint density at radius 2 is 2.04 bits per heavy atom. The first-order valence-electron chi connectivity index (χ1n) is 8.62. The average molecular weight is 335 g/mol. The summed E-state index contributed by atoms with van der Waals surface area (Å²) < 4.78 is 1.70. The molecule has 0 radical (unpaired) electrons. The number of rotatable bonds is 3. The van der Waals surface area contributed by atoms with Crippen LogP contribution in [-0.4, -0.2) is 31.0 Å². The molecule has 0 amide bonds. The molecule has 3 heterocycles. The highest BCUT2D eigenvalue weighted by molar-refractivity contribution is 5.77. The van der Waals surface area contributed by atoms with Crippen molar-refractivity contribution in [2.75, 3.05) is 6.54 Å². The van der Waals surface area contributed by atoms with Crippen molar-refractivity contribution in [2.45, 2.75) is 32.4 Å². The second kappa shape index (κ2) is 6.37. The number of aryl methyl sites for hydroxylation is 1. The standard InChI is InChI=1S/C19H21N5O/c1-13-20-10-9-14(21-13)12-24-11-5-8-17(24)18-22-16-7-4-3-6-15(16)19(25)23(18)2/h3-4,6-7,9-10,17H,5,8,11-12H2,1-2H3. The van der Waals surface area contributed by atoms with Gasteiger partial charge in [-0.05, 0) is 44.5 Å². The molecule has 6 nitrogen and oxygen atoms in total. The molecule has 128 valence electrons. The largest absolute Gasteiger partial charge is 0.298 e. The molecular weight excluding hydrogens is 314 g/mol. The molecule has 1 unspecified atom stereocenters. The van der Waals surface area contributed by atoms with Crippen LogP contribution < -0.4 is 5.56 Å². The van der Waals surface area contributed by atoms with E-state index in [0.717, 1.165) is 48.8 Å². The Balaban J connectivity index is 1.72. The zero-order valence-corrected chi connectivity index (χ0v) is 14.5. The number of aromatic nitrogens is 4. The highest BCUT2D eigenvalue weighted by Crippen LogP contribution is 2.31. The van der Waals surface area contributed by atoms with Crippen LogP contribution in [0, 0.1) is 6.92 Å². The normalized spacial score (nSPS) is 18.1. The Kier molecular flexibility index (Phi) is 4.05. The van der Waals surface area contributed by atoms with Crippen molar-refractivity contribution in [3.63, 3.8) is 0 Å². The molecule has 1 aliphatic rings. The zero-order valence-electron chi connectivity index (χ0n) is 14.5. The van der Waals surface area contributed by atoms with Gasteiger partial charge in [-0.3, -0.25) is 14.3 Å². The number of hydrogen-bond acceptors (Lipinski definition) is 5. The van der Waals surface area contributed by atoms with Gasteiger partial charge in [-0.15, -0.1) is 0 Å². The smallest absolute Gasteiger partial charge is 0.261 e. The Bertz CT molecular complexity index is 981. The fraction of sp³-hybridized carbons (Fsp3) is 0.368. The molecule has 1 fully saturated rings. The highest BCUT2D eigenvalue weighted by Gasteiger charge is 2.30. The van der Waals surface area contributed by atoms with E-state index in [1.165, 1.54) is 0 Å². The van der Waals surface area contributed by atoms with Gasteiger partial charge in [0.2, 0.25) is 0 Å². The van der Waals surface area contributed by atoms with Gasteiger partial charge in [0, 0.05) is 19.8 Å². The molecular formula is C19H21N5O. The third kappa shape index (κ3) is 2.93. The molecule has 1 saturated heterocycles. The van der Waals surface area contributed by atoms with E-state index in [4.69, 9.17) is 4.98 Å². The van der Waals surface area contributed by atoms with Crippen molar-refractivity contribution in [1.29, 1.82) is 0 Å². The fourth-order valence-electron chi connectivity index (χ4n) is 3.64. The van der Waals surface area contributed by atoms with E-state index >= 15 is 0 Å². The van der Waals surface area contributed by atoms with Crippen molar-refractivity contribution in [3.8, 4) is 0 Å². The van der Waals surface area contributed by atoms with Crippen LogP contribution in [0.5, 0.6) is 0 Å². The van der Waals surface area contributed by atoms with E-state index in [1.807, 2.05) is 44.3 Å². The summed E-state index contributed by atoms with van der Waals surface area (Å²) in [6.07, 6.45) is 3.90. The summed E-state index contributed by atoms with van der Waals surface area (Å²) in [7, 11) is 1.82. The molecule has 0 spiro atoms. The molecule has 25 heavy (non-hydrogen) atoms. The number of fused-ring (bicyclic) bond motifs is 1. The third-order valence-electron chi connectivity index (χ3n) is 4.88. The molecule has 0 bridgehead atoms. The maximum absolute atomic E-state index is 12.7. The molecule has 2 aromatic heterocycles. The molecule has 1 atom stereocenters. The maximum Gasteiger partial charge on any atom is 0.261 e. The van der Waals surface area contributed by atoms with Gasteiger partial charge in [-0.25, -0.2) is 15.0 Å². The minimum atomic E-state index is 0.0188. The SMILES string of the molecule is Cc1nccc(CN2CCCC2c2nc3ccccc3c(=O)n2C)n1. The van der Waals surface area contributed by atoms with Crippen molar-refractivity contribution < 1.29 is 0 Å². The molecule has 4 rings (SSSR count). The summed E-state index contributed by atoms with van der Waals surface area (Å²) in [5.41, 5.74) is 1.79. The minimum Gasteiger partial charge on any atom is -0.298 e. The number of nitrogens with zero attached hydrogens (tertiary/aromatic N) is 5. The Morgan fingerprint density at radius 1 is 1.20 bits per heavy atom. The second-order valence-electron chi connectivity index (χ2n) is 6.58. The number of hydrogen-bond donors (Lipinski definition) is 0. The number of likely N-dealkylation sites (tertiary alicyclic amines) is 1. The summed E-state index contributed by atoms with van der Waals surface area (Å²) in [5.74, 6) is 1.62. The van der Waals surface area contributed by atoms with Gasteiger partial charge in [0.05, 0.1) is 22.6 Å². The Labute approximate surface area is 146 Å². The van der Waals surface area contributed by atoms with Crippen LogP contribution in [0.25, 0.3) is 10.9 Å². The van der Waals surface area contributed by atoms with E-state index in [-0.39, 0.29) is 11.6 Å². The quantitative estimate of drug-likeness (QED) is 0.735. The highest BCUT2D eigenvalue weighted by atomic mass is 16.1. The predicted octanol–water partition coefficient (Wildman–Crippen LogP) is 2.37. The van der Waals surface area contributed by atoms with Gasteiger partial charge in [0.25, 0.3) is 5.56 Å². The molecule has 1 aliphatic heterocycles. The lowest BCUT2D eigenvalue weighted by Crippen LogP contribution is -2.30. The zero-order chi connectivity index (χ0) is 17.4. The summed E-state index contributed by atoms with van der Waals surface area (Å²) in [5, 5.41) is 0.671. The first kappa shape index (κ1) is 15.9. The van der Waals surface area contributed by atoms with Gasteiger partial charge in [-0.2, -0.15) is 0 Å². The second-order valence-corrected chi connectivity index (χ2v) is 6.58.